The summed E-state index contributed by atoms with van der Waals surface area (Å²) in [6.07, 6.45) is 6.72. The standard InChI is InChI=1S/C12H15N3O3/c1-2-6-14(8-10(16)17)11-12(18)15(7-5-13-11)9-3-4-9/h2,5,7,9H,1,3-4,6,8H2,(H,16,17). The Labute approximate surface area is 104 Å². The van der Waals surface area contributed by atoms with Crippen LogP contribution in [-0.2, 0) is 4.79 Å². The van der Waals surface area contributed by atoms with E-state index in [4.69, 9.17) is 5.11 Å². The zero-order valence-electron chi connectivity index (χ0n) is 9.95. The Morgan fingerprint density at radius 3 is 2.94 bits per heavy atom. The fourth-order valence-electron chi connectivity index (χ4n) is 1.82. The van der Waals surface area contributed by atoms with Gasteiger partial charge in [0.05, 0.1) is 0 Å². The van der Waals surface area contributed by atoms with Crippen LogP contribution in [0.15, 0.2) is 29.8 Å². The largest absolute Gasteiger partial charge is 0.480 e. The van der Waals surface area contributed by atoms with E-state index in [9.17, 15) is 9.59 Å². The molecule has 1 aliphatic carbocycles. The van der Waals surface area contributed by atoms with Crippen molar-refractivity contribution in [3.8, 4) is 0 Å². The van der Waals surface area contributed by atoms with Gasteiger partial charge in [-0.3, -0.25) is 9.59 Å². The van der Waals surface area contributed by atoms with Crippen molar-refractivity contribution in [2.45, 2.75) is 18.9 Å². The van der Waals surface area contributed by atoms with Crippen LogP contribution in [0.5, 0.6) is 0 Å². The van der Waals surface area contributed by atoms with Crippen LogP contribution in [-0.4, -0.2) is 33.7 Å². The van der Waals surface area contributed by atoms with E-state index in [-0.39, 0.29) is 30.5 Å². The molecule has 1 saturated carbocycles. The molecule has 6 nitrogen and oxygen atoms in total. The van der Waals surface area contributed by atoms with Gasteiger partial charge >= 0.3 is 5.97 Å². The van der Waals surface area contributed by atoms with Crippen molar-refractivity contribution in [3.63, 3.8) is 0 Å². The monoisotopic (exact) mass is 249 g/mol. The lowest BCUT2D eigenvalue weighted by atomic mass is 10.4. The number of carboxylic acid groups (broad SMARTS) is 1. The third kappa shape index (κ3) is 2.58. The van der Waals surface area contributed by atoms with Crippen LogP contribution in [0, 0.1) is 0 Å². The Morgan fingerprint density at radius 1 is 1.67 bits per heavy atom. The predicted molar refractivity (Wildman–Crippen MR) is 66.8 cm³/mol. The summed E-state index contributed by atoms with van der Waals surface area (Å²) in [6, 6.07) is 0.245. The number of rotatable bonds is 6. The third-order valence-corrected chi connectivity index (χ3v) is 2.77. The molecule has 0 atom stereocenters. The molecule has 96 valence electrons. The summed E-state index contributed by atoms with van der Waals surface area (Å²) in [5.41, 5.74) is -0.233. The molecule has 0 bridgehead atoms. The van der Waals surface area contributed by atoms with E-state index >= 15 is 0 Å². The maximum Gasteiger partial charge on any atom is 0.323 e. The molecule has 1 aliphatic rings. The first-order valence-electron chi connectivity index (χ1n) is 5.78. The molecule has 1 fully saturated rings. The Morgan fingerprint density at radius 2 is 2.39 bits per heavy atom. The van der Waals surface area contributed by atoms with Crippen LogP contribution < -0.4 is 10.5 Å². The van der Waals surface area contributed by atoms with Crippen LogP contribution in [0.2, 0.25) is 0 Å². The number of carboxylic acids is 1. The fourth-order valence-corrected chi connectivity index (χ4v) is 1.82. The Balaban J connectivity index is 2.34. The summed E-state index contributed by atoms with van der Waals surface area (Å²) in [6.45, 7) is 3.58. The zero-order chi connectivity index (χ0) is 13.1. The minimum atomic E-state index is -1.00. The summed E-state index contributed by atoms with van der Waals surface area (Å²) < 4.78 is 1.63. The van der Waals surface area contributed by atoms with E-state index in [1.165, 1.54) is 11.1 Å². The molecule has 0 unspecified atom stereocenters. The van der Waals surface area contributed by atoms with E-state index in [2.05, 4.69) is 11.6 Å². The van der Waals surface area contributed by atoms with Gasteiger partial charge < -0.3 is 14.6 Å². The second kappa shape index (κ2) is 5.03. The molecule has 0 radical (unpaired) electrons. The van der Waals surface area contributed by atoms with Crippen LogP contribution in [0.1, 0.15) is 18.9 Å². The number of carbonyl (C=O) groups is 1. The van der Waals surface area contributed by atoms with Crippen molar-refractivity contribution in [1.82, 2.24) is 9.55 Å². The molecule has 1 N–H and O–H groups in total. The molecule has 0 spiro atoms. The van der Waals surface area contributed by atoms with Gasteiger partial charge in [-0.25, -0.2) is 4.98 Å². The maximum absolute atomic E-state index is 12.2. The molecule has 0 amide bonds. The lowest BCUT2D eigenvalue weighted by Crippen LogP contribution is -2.36. The molecule has 1 aromatic heterocycles. The third-order valence-electron chi connectivity index (χ3n) is 2.77. The first kappa shape index (κ1) is 12.3. The average Bonchev–Trinajstić information content (AvgIpc) is 3.12. The highest BCUT2D eigenvalue weighted by atomic mass is 16.4. The number of anilines is 1. The van der Waals surface area contributed by atoms with Gasteiger partial charge in [0.25, 0.3) is 5.56 Å². The van der Waals surface area contributed by atoms with E-state index in [0.717, 1.165) is 12.8 Å². The molecule has 0 aromatic carbocycles. The second-order valence-electron chi connectivity index (χ2n) is 4.26. The Hall–Kier alpha value is -2.11. The van der Waals surface area contributed by atoms with Crippen molar-refractivity contribution in [2.75, 3.05) is 18.0 Å². The zero-order valence-corrected chi connectivity index (χ0v) is 9.95. The highest BCUT2D eigenvalue weighted by molar-refractivity contribution is 5.73. The van der Waals surface area contributed by atoms with E-state index in [1.54, 1.807) is 16.8 Å². The van der Waals surface area contributed by atoms with Crippen molar-refractivity contribution < 1.29 is 9.90 Å². The topological polar surface area (TPSA) is 75.4 Å². The van der Waals surface area contributed by atoms with Gasteiger partial charge in [0, 0.05) is 25.0 Å². The van der Waals surface area contributed by atoms with Crippen LogP contribution >= 0.6 is 0 Å². The Bertz CT molecular complexity index is 520. The number of nitrogens with zero attached hydrogens (tertiary/aromatic N) is 3. The van der Waals surface area contributed by atoms with Crippen molar-refractivity contribution in [2.24, 2.45) is 0 Å². The first-order valence-corrected chi connectivity index (χ1v) is 5.78. The average molecular weight is 249 g/mol. The molecular weight excluding hydrogens is 234 g/mol. The van der Waals surface area contributed by atoms with Crippen LogP contribution in [0.4, 0.5) is 5.82 Å². The van der Waals surface area contributed by atoms with Gasteiger partial charge in [-0.05, 0) is 12.8 Å². The fraction of sp³-hybridized carbons (Fsp3) is 0.417. The highest BCUT2D eigenvalue weighted by Crippen LogP contribution is 2.33. The first-order chi connectivity index (χ1) is 8.63. The van der Waals surface area contributed by atoms with Crippen LogP contribution in [0.3, 0.4) is 0 Å². The van der Waals surface area contributed by atoms with E-state index in [1.807, 2.05) is 0 Å². The number of hydrogen-bond donors (Lipinski definition) is 1. The normalized spacial score (nSPS) is 14.2. The highest BCUT2D eigenvalue weighted by Gasteiger charge is 2.26. The molecule has 1 heterocycles. The summed E-state index contributed by atoms with van der Waals surface area (Å²) in [7, 11) is 0. The second-order valence-corrected chi connectivity index (χ2v) is 4.26. The van der Waals surface area contributed by atoms with E-state index < -0.39 is 5.97 Å². The summed E-state index contributed by atoms with van der Waals surface area (Å²) in [5, 5.41) is 8.84. The minimum absolute atomic E-state index is 0.173. The smallest absolute Gasteiger partial charge is 0.323 e. The Kier molecular flexibility index (Phi) is 3.45. The van der Waals surface area contributed by atoms with Crippen molar-refractivity contribution in [1.29, 1.82) is 0 Å². The van der Waals surface area contributed by atoms with E-state index in [0.29, 0.717) is 0 Å². The lowest BCUT2D eigenvalue weighted by molar-refractivity contribution is -0.135. The number of aliphatic carboxylic acids is 1. The van der Waals surface area contributed by atoms with Gasteiger partial charge in [-0.15, -0.1) is 6.58 Å². The minimum Gasteiger partial charge on any atom is -0.480 e. The molecule has 0 aliphatic heterocycles. The van der Waals surface area contributed by atoms with Gasteiger partial charge in [0.1, 0.15) is 6.54 Å². The SMILES string of the molecule is C=CCN(CC(=O)O)c1nccn(C2CC2)c1=O. The summed E-state index contributed by atoms with van der Waals surface area (Å²) in [5.74, 6) is -0.827. The summed E-state index contributed by atoms with van der Waals surface area (Å²) >= 11 is 0. The van der Waals surface area contributed by atoms with Gasteiger partial charge in [-0.1, -0.05) is 6.08 Å². The van der Waals surface area contributed by atoms with Gasteiger partial charge in [-0.2, -0.15) is 0 Å². The lowest BCUT2D eigenvalue weighted by Gasteiger charge is -2.19. The van der Waals surface area contributed by atoms with Crippen molar-refractivity contribution >= 4 is 11.8 Å². The van der Waals surface area contributed by atoms with Gasteiger partial charge in [0.2, 0.25) is 0 Å². The number of hydrogen-bond acceptors (Lipinski definition) is 4. The van der Waals surface area contributed by atoms with Crippen LogP contribution in [0.25, 0.3) is 0 Å². The molecule has 6 heteroatoms. The molecule has 1 aromatic rings. The maximum atomic E-state index is 12.2. The van der Waals surface area contributed by atoms with Crippen molar-refractivity contribution in [3.05, 3.63) is 35.4 Å². The number of aromatic nitrogens is 2. The molecule has 2 rings (SSSR count). The molecule has 0 saturated heterocycles. The molecular formula is C12H15N3O3. The van der Waals surface area contributed by atoms with Gasteiger partial charge in [0.15, 0.2) is 5.82 Å². The summed E-state index contributed by atoms with van der Waals surface area (Å²) in [4.78, 5) is 28.4. The molecule has 18 heavy (non-hydrogen) atoms. The quantitative estimate of drug-likeness (QED) is 0.749. The predicted octanol–water partition coefficient (Wildman–Crippen LogP) is 0.655.